The van der Waals surface area contributed by atoms with Gasteiger partial charge in [-0.1, -0.05) is 32.4 Å². The summed E-state index contributed by atoms with van der Waals surface area (Å²) >= 11 is 4.70. The molecule has 2 nitrogen and oxygen atoms in total. The summed E-state index contributed by atoms with van der Waals surface area (Å²) in [5, 5.41) is 0. The Labute approximate surface area is 140 Å². The van der Waals surface area contributed by atoms with E-state index < -0.39 is 0 Å². The Kier molecular flexibility index (Phi) is 6.13. The topological polar surface area (TPSA) is 21.6 Å². The van der Waals surface area contributed by atoms with Crippen LogP contribution in [-0.2, 0) is 6.42 Å². The van der Waals surface area contributed by atoms with E-state index in [0.29, 0.717) is 5.92 Å². The number of rotatable bonds is 6. The molecule has 1 aliphatic carbocycles. The largest absolute Gasteiger partial charge is 0.496 e. The van der Waals surface area contributed by atoms with Crippen molar-refractivity contribution in [1.82, 2.24) is 0 Å². The fourth-order valence-electron chi connectivity index (χ4n) is 3.20. The highest BCUT2D eigenvalue weighted by Crippen LogP contribution is 2.38. The van der Waals surface area contributed by atoms with Gasteiger partial charge in [0.15, 0.2) is 0 Å². The van der Waals surface area contributed by atoms with E-state index in [0.717, 1.165) is 35.6 Å². The molecule has 1 unspecified atom stereocenters. The van der Waals surface area contributed by atoms with Gasteiger partial charge in [0, 0.05) is 21.7 Å². The van der Waals surface area contributed by atoms with Crippen molar-refractivity contribution < 1.29 is 4.74 Å². The Morgan fingerprint density at radius 1 is 1.32 bits per heavy atom. The average Bonchev–Trinajstić information content (AvgIpc) is 2.54. The lowest BCUT2D eigenvalue weighted by Crippen LogP contribution is -2.12. The number of thiol groups is 1. The first-order valence-electron chi connectivity index (χ1n) is 8.25. The number of hydrogen-bond acceptors (Lipinski definition) is 3. The standard InChI is InChI=1S/C19H27NOS/c1-5-8-14(6-2)13(3)20-19-16-9-7-10-17(21-4)15(16)11-12-18(19)22/h7,9-10,14,22H,5-6,8,11-12H2,1-4H3. The molecule has 0 bridgehead atoms. The van der Waals surface area contributed by atoms with Crippen molar-refractivity contribution >= 4 is 24.0 Å². The quantitative estimate of drug-likeness (QED) is 0.541. The molecule has 2 rings (SSSR count). The van der Waals surface area contributed by atoms with Crippen LogP contribution >= 0.6 is 12.6 Å². The zero-order chi connectivity index (χ0) is 16.1. The Bertz CT molecular complexity index is 589. The molecule has 3 heteroatoms. The first-order chi connectivity index (χ1) is 10.6. The SMILES string of the molecule is CCCC(CC)C(C)=NC1=C(S)CCc2c(OC)cccc21. The maximum absolute atomic E-state index is 5.51. The van der Waals surface area contributed by atoms with Crippen LogP contribution in [0.4, 0.5) is 0 Å². The summed E-state index contributed by atoms with van der Waals surface area (Å²) in [6.45, 7) is 6.64. The van der Waals surface area contributed by atoms with Crippen molar-refractivity contribution in [3.05, 3.63) is 34.2 Å². The highest BCUT2D eigenvalue weighted by molar-refractivity contribution is 7.84. The second-order valence-corrected chi connectivity index (χ2v) is 6.47. The second kappa shape index (κ2) is 7.87. The molecule has 0 amide bonds. The molecule has 0 saturated heterocycles. The number of ether oxygens (including phenoxy) is 1. The summed E-state index contributed by atoms with van der Waals surface area (Å²) in [7, 11) is 1.73. The van der Waals surface area contributed by atoms with Crippen LogP contribution in [0.25, 0.3) is 5.70 Å². The van der Waals surface area contributed by atoms with Crippen LogP contribution in [0.15, 0.2) is 28.1 Å². The lowest BCUT2D eigenvalue weighted by molar-refractivity contribution is 0.409. The molecular weight excluding hydrogens is 290 g/mol. The predicted molar refractivity (Wildman–Crippen MR) is 99.0 cm³/mol. The second-order valence-electron chi connectivity index (χ2n) is 5.93. The predicted octanol–water partition coefficient (Wildman–Crippen LogP) is 5.53. The van der Waals surface area contributed by atoms with Crippen molar-refractivity contribution in [2.24, 2.45) is 10.9 Å². The Hall–Kier alpha value is -1.22. The van der Waals surface area contributed by atoms with Crippen LogP contribution in [-0.4, -0.2) is 12.8 Å². The number of aliphatic imine (C=N–C) groups is 1. The van der Waals surface area contributed by atoms with Crippen molar-refractivity contribution in [2.75, 3.05) is 7.11 Å². The molecule has 0 N–H and O–H groups in total. The Morgan fingerprint density at radius 3 is 2.73 bits per heavy atom. The maximum Gasteiger partial charge on any atom is 0.122 e. The van der Waals surface area contributed by atoms with Gasteiger partial charge in [-0.25, -0.2) is 0 Å². The number of allylic oxidation sites excluding steroid dienone is 1. The molecule has 1 aromatic rings. The van der Waals surface area contributed by atoms with Gasteiger partial charge >= 0.3 is 0 Å². The summed E-state index contributed by atoms with van der Waals surface area (Å²) < 4.78 is 5.51. The zero-order valence-electron chi connectivity index (χ0n) is 14.1. The number of benzene rings is 1. The van der Waals surface area contributed by atoms with Gasteiger partial charge in [-0.3, -0.25) is 4.99 Å². The van der Waals surface area contributed by atoms with Gasteiger partial charge in [0.05, 0.1) is 12.8 Å². The Balaban J connectivity index is 2.43. The number of nitrogens with zero attached hydrogens (tertiary/aromatic N) is 1. The van der Waals surface area contributed by atoms with E-state index in [1.54, 1.807) is 7.11 Å². The third-order valence-corrected chi connectivity index (χ3v) is 4.94. The van der Waals surface area contributed by atoms with Gasteiger partial charge in [0.25, 0.3) is 0 Å². The molecule has 120 valence electrons. The summed E-state index contributed by atoms with van der Waals surface area (Å²) in [6, 6.07) is 6.21. The van der Waals surface area contributed by atoms with Crippen LogP contribution in [0.3, 0.4) is 0 Å². The van der Waals surface area contributed by atoms with Gasteiger partial charge in [0.2, 0.25) is 0 Å². The van der Waals surface area contributed by atoms with E-state index in [1.165, 1.54) is 29.7 Å². The zero-order valence-corrected chi connectivity index (χ0v) is 15.0. The van der Waals surface area contributed by atoms with Crippen molar-refractivity contribution in [1.29, 1.82) is 0 Å². The first-order valence-corrected chi connectivity index (χ1v) is 8.70. The molecule has 1 aromatic carbocycles. The molecule has 0 spiro atoms. The van der Waals surface area contributed by atoms with Crippen molar-refractivity contribution in [3.8, 4) is 5.75 Å². The minimum atomic E-state index is 0.564. The summed E-state index contributed by atoms with van der Waals surface area (Å²) in [5.41, 5.74) is 4.70. The minimum Gasteiger partial charge on any atom is -0.496 e. The molecule has 0 aromatic heterocycles. The molecule has 0 aliphatic heterocycles. The number of fused-ring (bicyclic) bond motifs is 1. The van der Waals surface area contributed by atoms with Crippen LogP contribution < -0.4 is 4.74 Å². The van der Waals surface area contributed by atoms with Gasteiger partial charge in [-0.2, -0.15) is 0 Å². The summed E-state index contributed by atoms with van der Waals surface area (Å²) in [5.74, 6) is 1.53. The average molecular weight is 317 g/mol. The lowest BCUT2D eigenvalue weighted by Gasteiger charge is -2.22. The highest BCUT2D eigenvalue weighted by atomic mass is 32.1. The van der Waals surface area contributed by atoms with E-state index in [4.69, 9.17) is 22.4 Å². The van der Waals surface area contributed by atoms with Gasteiger partial charge < -0.3 is 4.74 Å². The van der Waals surface area contributed by atoms with Crippen LogP contribution in [0.2, 0.25) is 0 Å². The van der Waals surface area contributed by atoms with Gasteiger partial charge in [-0.15, -0.1) is 12.6 Å². The monoisotopic (exact) mass is 317 g/mol. The fourth-order valence-corrected chi connectivity index (χ4v) is 3.49. The molecule has 0 fully saturated rings. The summed E-state index contributed by atoms with van der Waals surface area (Å²) in [6.07, 6.45) is 5.45. The Morgan fingerprint density at radius 2 is 2.09 bits per heavy atom. The van der Waals surface area contributed by atoms with Crippen LogP contribution in [0.1, 0.15) is 57.6 Å². The van der Waals surface area contributed by atoms with Gasteiger partial charge in [0.1, 0.15) is 5.75 Å². The third-order valence-electron chi connectivity index (χ3n) is 4.50. The molecular formula is C19H27NOS. The first kappa shape index (κ1) is 17.1. The maximum atomic E-state index is 5.51. The smallest absolute Gasteiger partial charge is 0.122 e. The summed E-state index contributed by atoms with van der Waals surface area (Å²) in [4.78, 5) is 6.08. The molecule has 22 heavy (non-hydrogen) atoms. The van der Waals surface area contributed by atoms with E-state index in [2.05, 4.69) is 26.8 Å². The third kappa shape index (κ3) is 3.57. The van der Waals surface area contributed by atoms with E-state index >= 15 is 0 Å². The van der Waals surface area contributed by atoms with E-state index in [1.807, 2.05) is 12.1 Å². The van der Waals surface area contributed by atoms with Crippen LogP contribution in [0, 0.1) is 5.92 Å². The molecule has 1 aliphatic rings. The highest BCUT2D eigenvalue weighted by Gasteiger charge is 2.21. The molecule has 0 heterocycles. The van der Waals surface area contributed by atoms with Crippen molar-refractivity contribution in [2.45, 2.75) is 52.9 Å². The molecule has 0 radical (unpaired) electrons. The van der Waals surface area contributed by atoms with E-state index in [-0.39, 0.29) is 0 Å². The van der Waals surface area contributed by atoms with Crippen LogP contribution in [0.5, 0.6) is 5.75 Å². The lowest BCUT2D eigenvalue weighted by atomic mass is 9.92. The number of methoxy groups -OCH3 is 1. The fraction of sp³-hybridized carbons (Fsp3) is 0.526. The number of hydrogen-bond donors (Lipinski definition) is 1. The van der Waals surface area contributed by atoms with Crippen molar-refractivity contribution in [3.63, 3.8) is 0 Å². The van der Waals surface area contributed by atoms with Gasteiger partial charge in [-0.05, 0) is 44.6 Å². The minimum absolute atomic E-state index is 0.564. The van der Waals surface area contributed by atoms with E-state index in [9.17, 15) is 0 Å². The molecule has 1 atom stereocenters. The normalized spacial score (nSPS) is 16.5. The molecule has 0 saturated carbocycles.